The molecule has 7 nitrogen and oxygen atoms in total. The molecule has 0 spiro atoms. The van der Waals surface area contributed by atoms with Crippen LogP contribution in [0.4, 0.5) is 0 Å². The molecule has 2 N–H and O–H groups in total. The van der Waals surface area contributed by atoms with Crippen molar-refractivity contribution in [3.05, 3.63) is 0 Å². The lowest BCUT2D eigenvalue weighted by Crippen LogP contribution is -2.54. The smallest absolute Gasteiger partial charge is 0.324 e. The minimum atomic E-state index is -3.37. The lowest BCUT2D eigenvalue weighted by atomic mass is 9.65. The summed E-state index contributed by atoms with van der Waals surface area (Å²) in [5, 5.41) is 19.5. The standard InChI is InChI=1S/C13H22O7S/c1-4-20-12(17)13(11(15)16,8(2)9(3)14)10-5-6-21(18,19)7-10/h8-10,14H,4-7H2,1-3H3,(H,15,16). The Hall–Kier alpha value is -1.15. The number of carbonyl (C=O) groups excluding carboxylic acids is 1. The fraction of sp³-hybridized carbons (Fsp3) is 0.846. The molecule has 1 heterocycles. The highest BCUT2D eigenvalue weighted by molar-refractivity contribution is 7.91. The van der Waals surface area contributed by atoms with E-state index in [-0.39, 0.29) is 24.5 Å². The van der Waals surface area contributed by atoms with Crippen molar-refractivity contribution in [3.63, 3.8) is 0 Å². The van der Waals surface area contributed by atoms with Crippen LogP contribution in [0.25, 0.3) is 0 Å². The van der Waals surface area contributed by atoms with Crippen molar-refractivity contribution in [2.45, 2.75) is 33.3 Å². The fourth-order valence-corrected chi connectivity index (χ4v) is 4.82. The zero-order valence-electron chi connectivity index (χ0n) is 12.4. The van der Waals surface area contributed by atoms with Gasteiger partial charge in [-0.05, 0) is 20.3 Å². The molecule has 0 amide bonds. The molecule has 21 heavy (non-hydrogen) atoms. The van der Waals surface area contributed by atoms with Crippen molar-refractivity contribution in [3.8, 4) is 0 Å². The Morgan fingerprint density at radius 3 is 2.29 bits per heavy atom. The van der Waals surface area contributed by atoms with E-state index in [1.165, 1.54) is 13.8 Å². The molecule has 0 radical (unpaired) electrons. The first-order valence-electron chi connectivity index (χ1n) is 6.88. The summed E-state index contributed by atoms with van der Waals surface area (Å²) in [4.78, 5) is 24.2. The van der Waals surface area contributed by atoms with E-state index in [9.17, 15) is 28.2 Å². The van der Waals surface area contributed by atoms with Gasteiger partial charge in [-0.3, -0.25) is 9.59 Å². The highest BCUT2D eigenvalue weighted by Crippen LogP contribution is 2.45. The van der Waals surface area contributed by atoms with Gasteiger partial charge in [0.15, 0.2) is 15.3 Å². The molecule has 0 aliphatic carbocycles. The van der Waals surface area contributed by atoms with Crippen LogP contribution >= 0.6 is 0 Å². The molecule has 0 aromatic heterocycles. The number of ether oxygens (including phenoxy) is 1. The number of rotatable bonds is 6. The van der Waals surface area contributed by atoms with Crippen LogP contribution in [-0.4, -0.2) is 54.8 Å². The van der Waals surface area contributed by atoms with E-state index in [0.29, 0.717) is 0 Å². The van der Waals surface area contributed by atoms with E-state index < -0.39 is 45.1 Å². The Balaban J connectivity index is 3.38. The number of carboxylic acids is 1. The van der Waals surface area contributed by atoms with Gasteiger partial charge < -0.3 is 14.9 Å². The summed E-state index contributed by atoms with van der Waals surface area (Å²) in [6, 6.07) is 0. The van der Waals surface area contributed by atoms with Crippen molar-refractivity contribution < 1.29 is 33.0 Å². The van der Waals surface area contributed by atoms with Gasteiger partial charge in [-0.15, -0.1) is 0 Å². The number of sulfone groups is 1. The second kappa shape index (κ2) is 6.31. The average Bonchev–Trinajstić information content (AvgIpc) is 2.70. The van der Waals surface area contributed by atoms with Crippen LogP contribution in [0.5, 0.6) is 0 Å². The van der Waals surface area contributed by atoms with Gasteiger partial charge in [0.2, 0.25) is 0 Å². The third-order valence-electron chi connectivity index (χ3n) is 4.29. The molecule has 1 aliphatic heterocycles. The van der Waals surface area contributed by atoms with Crippen LogP contribution in [-0.2, 0) is 24.2 Å². The highest BCUT2D eigenvalue weighted by Gasteiger charge is 2.60. The van der Waals surface area contributed by atoms with Gasteiger partial charge in [0.05, 0.1) is 24.2 Å². The van der Waals surface area contributed by atoms with Crippen molar-refractivity contribution in [1.82, 2.24) is 0 Å². The number of aliphatic hydroxyl groups is 1. The molecular formula is C13H22O7S. The Bertz CT molecular complexity index is 511. The predicted molar refractivity (Wildman–Crippen MR) is 74.3 cm³/mol. The molecule has 1 rings (SSSR count). The van der Waals surface area contributed by atoms with Gasteiger partial charge in [-0.25, -0.2) is 8.42 Å². The summed E-state index contributed by atoms with van der Waals surface area (Å²) in [7, 11) is -3.37. The maximum atomic E-state index is 12.3. The van der Waals surface area contributed by atoms with Gasteiger partial charge in [0, 0.05) is 11.8 Å². The van der Waals surface area contributed by atoms with Crippen LogP contribution in [0.15, 0.2) is 0 Å². The molecule has 8 heteroatoms. The third kappa shape index (κ3) is 3.21. The summed E-state index contributed by atoms with van der Waals surface area (Å²) in [5.74, 6) is -4.83. The van der Waals surface area contributed by atoms with E-state index >= 15 is 0 Å². The zero-order valence-corrected chi connectivity index (χ0v) is 13.2. The maximum Gasteiger partial charge on any atom is 0.324 e. The number of carboxylic acid groups (broad SMARTS) is 1. The summed E-state index contributed by atoms with van der Waals surface area (Å²) in [5.41, 5.74) is -2.05. The Kier molecular flexibility index (Phi) is 5.38. The van der Waals surface area contributed by atoms with Gasteiger partial charge in [0.25, 0.3) is 0 Å². The summed E-state index contributed by atoms with van der Waals surface area (Å²) >= 11 is 0. The predicted octanol–water partition coefficient (Wildman–Crippen LogP) is 0.0721. The van der Waals surface area contributed by atoms with E-state index in [2.05, 4.69) is 0 Å². The van der Waals surface area contributed by atoms with Crippen molar-refractivity contribution in [2.24, 2.45) is 17.3 Å². The monoisotopic (exact) mass is 322 g/mol. The molecule has 0 aromatic rings. The zero-order chi connectivity index (χ0) is 16.4. The first-order valence-corrected chi connectivity index (χ1v) is 8.70. The second-order valence-electron chi connectivity index (χ2n) is 5.52. The summed E-state index contributed by atoms with van der Waals surface area (Å²) in [6.07, 6.45) is -1.02. The van der Waals surface area contributed by atoms with Gasteiger partial charge >= 0.3 is 11.9 Å². The minimum absolute atomic E-state index is 0.0140. The van der Waals surface area contributed by atoms with Gasteiger partial charge in [-0.1, -0.05) is 6.92 Å². The Morgan fingerprint density at radius 1 is 1.38 bits per heavy atom. The van der Waals surface area contributed by atoms with E-state index in [0.717, 1.165) is 0 Å². The normalized spacial score (nSPS) is 26.6. The van der Waals surface area contributed by atoms with E-state index in [4.69, 9.17) is 4.74 Å². The SMILES string of the molecule is CCOC(=O)C(C(=O)O)(C1CCS(=O)(=O)C1)C(C)C(C)O. The van der Waals surface area contributed by atoms with Gasteiger partial charge in [0.1, 0.15) is 0 Å². The van der Waals surface area contributed by atoms with Crippen molar-refractivity contribution in [1.29, 1.82) is 0 Å². The number of aliphatic carboxylic acids is 1. The van der Waals surface area contributed by atoms with Crippen molar-refractivity contribution in [2.75, 3.05) is 18.1 Å². The number of hydrogen-bond acceptors (Lipinski definition) is 6. The molecule has 4 unspecified atom stereocenters. The molecule has 1 fully saturated rings. The number of esters is 1. The molecule has 1 aliphatic rings. The maximum absolute atomic E-state index is 12.3. The second-order valence-corrected chi connectivity index (χ2v) is 7.75. The highest BCUT2D eigenvalue weighted by atomic mass is 32.2. The Morgan fingerprint density at radius 2 is 1.95 bits per heavy atom. The Labute approximate surface area is 124 Å². The molecule has 0 saturated carbocycles. The van der Waals surface area contributed by atoms with Crippen molar-refractivity contribution >= 4 is 21.8 Å². The lowest BCUT2D eigenvalue weighted by molar-refractivity contribution is -0.181. The number of carbonyl (C=O) groups is 2. The van der Waals surface area contributed by atoms with Crippen LogP contribution in [0.3, 0.4) is 0 Å². The van der Waals surface area contributed by atoms with Crippen LogP contribution in [0.2, 0.25) is 0 Å². The molecule has 122 valence electrons. The first kappa shape index (κ1) is 17.9. The minimum Gasteiger partial charge on any atom is -0.480 e. The number of aliphatic hydroxyl groups excluding tert-OH is 1. The molecule has 0 bridgehead atoms. The third-order valence-corrected chi connectivity index (χ3v) is 6.05. The quantitative estimate of drug-likeness (QED) is 0.525. The largest absolute Gasteiger partial charge is 0.480 e. The average molecular weight is 322 g/mol. The van der Waals surface area contributed by atoms with Crippen LogP contribution in [0, 0.1) is 17.3 Å². The van der Waals surface area contributed by atoms with Crippen LogP contribution < -0.4 is 0 Å². The van der Waals surface area contributed by atoms with E-state index in [1.807, 2.05) is 0 Å². The molecular weight excluding hydrogens is 300 g/mol. The first-order chi connectivity index (χ1) is 9.59. The summed E-state index contributed by atoms with van der Waals surface area (Å²) < 4.78 is 28.2. The number of hydrogen-bond donors (Lipinski definition) is 2. The van der Waals surface area contributed by atoms with Gasteiger partial charge in [-0.2, -0.15) is 0 Å². The van der Waals surface area contributed by atoms with E-state index in [1.54, 1.807) is 6.92 Å². The summed E-state index contributed by atoms with van der Waals surface area (Å²) in [6.45, 7) is 4.34. The molecule has 4 atom stereocenters. The molecule has 1 saturated heterocycles. The topological polar surface area (TPSA) is 118 Å². The fourth-order valence-electron chi connectivity index (χ4n) is 2.97. The lowest BCUT2D eigenvalue weighted by Gasteiger charge is -2.38. The molecule has 0 aromatic carbocycles. The van der Waals surface area contributed by atoms with Crippen LogP contribution in [0.1, 0.15) is 27.2 Å².